The van der Waals surface area contributed by atoms with Crippen LogP contribution in [0.2, 0.25) is 0 Å². The fraction of sp³-hybridized carbons (Fsp3) is 0.250. The van der Waals surface area contributed by atoms with Gasteiger partial charge in [-0.1, -0.05) is 6.07 Å². The molecule has 0 aliphatic rings. The summed E-state index contributed by atoms with van der Waals surface area (Å²) in [7, 11) is 0. The van der Waals surface area contributed by atoms with Crippen LogP contribution in [0.5, 0.6) is 0 Å². The van der Waals surface area contributed by atoms with Crippen molar-refractivity contribution in [2.45, 2.75) is 20.0 Å². The van der Waals surface area contributed by atoms with E-state index < -0.39 is 6.10 Å². The van der Waals surface area contributed by atoms with E-state index in [2.05, 4.69) is 4.98 Å². The van der Waals surface area contributed by atoms with Gasteiger partial charge in [-0.05, 0) is 43.0 Å². The summed E-state index contributed by atoms with van der Waals surface area (Å²) in [5.41, 5.74) is 2.78. The third-order valence-corrected chi connectivity index (χ3v) is 3.41. The highest BCUT2D eigenvalue weighted by Crippen LogP contribution is 2.28. The largest absolute Gasteiger partial charge is 0.381 e. The summed E-state index contributed by atoms with van der Waals surface area (Å²) in [5, 5.41) is 12.1. The highest BCUT2D eigenvalue weighted by atomic mass is 32.1. The maximum absolute atomic E-state index is 10.1. The molecule has 1 unspecified atom stereocenters. The summed E-state index contributed by atoms with van der Waals surface area (Å²) >= 11 is 1.57. The van der Waals surface area contributed by atoms with Crippen molar-refractivity contribution in [1.82, 2.24) is 4.98 Å². The van der Waals surface area contributed by atoms with Gasteiger partial charge in [-0.25, -0.2) is 0 Å². The van der Waals surface area contributed by atoms with Crippen LogP contribution in [-0.4, -0.2) is 10.1 Å². The van der Waals surface area contributed by atoms with Gasteiger partial charge in [-0.2, -0.15) is 0 Å². The number of aromatic nitrogens is 1. The van der Waals surface area contributed by atoms with Crippen molar-refractivity contribution in [2.75, 3.05) is 0 Å². The molecule has 2 aromatic rings. The SMILES string of the molecule is Cc1cccc(C(O)c2sccc2C)n1. The molecule has 78 valence electrons. The van der Waals surface area contributed by atoms with Crippen LogP contribution in [0.4, 0.5) is 0 Å². The van der Waals surface area contributed by atoms with E-state index in [1.54, 1.807) is 11.3 Å². The monoisotopic (exact) mass is 219 g/mol. The molecule has 0 radical (unpaired) electrons. The molecule has 0 saturated carbocycles. The Labute approximate surface area is 93.2 Å². The van der Waals surface area contributed by atoms with Crippen molar-refractivity contribution in [3.05, 3.63) is 51.5 Å². The average molecular weight is 219 g/mol. The molecule has 0 aromatic carbocycles. The Kier molecular flexibility index (Phi) is 2.84. The standard InChI is InChI=1S/C12H13NOS/c1-8-6-7-15-12(8)11(14)10-5-3-4-9(2)13-10/h3-7,11,14H,1-2H3. The van der Waals surface area contributed by atoms with Gasteiger partial charge in [0.25, 0.3) is 0 Å². The number of thiophene rings is 1. The first-order valence-corrected chi connectivity index (χ1v) is 5.72. The maximum Gasteiger partial charge on any atom is 0.130 e. The Morgan fingerprint density at radius 2 is 2.07 bits per heavy atom. The van der Waals surface area contributed by atoms with Crippen molar-refractivity contribution in [2.24, 2.45) is 0 Å². The second-order valence-corrected chi connectivity index (χ2v) is 4.52. The number of hydrogen-bond acceptors (Lipinski definition) is 3. The minimum Gasteiger partial charge on any atom is -0.381 e. The summed E-state index contributed by atoms with van der Waals surface area (Å²) in [6, 6.07) is 7.72. The molecule has 0 bridgehead atoms. The zero-order valence-corrected chi connectivity index (χ0v) is 9.58. The summed E-state index contributed by atoms with van der Waals surface area (Å²) in [4.78, 5) is 5.31. The Bertz CT molecular complexity index is 464. The van der Waals surface area contributed by atoms with Gasteiger partial charge in [-0.3, -0.25) is 4.98 Å². The van der Waals surface area contributed by atoms with E-state index in [1.165, 1.54) is 0 Å². The molecule has 15 heavy (non-hydrogen) atoms. The van der Waals surface area contributed by atoms with Gasteiger partial charge < -0.3 is 5.11 Å². The molecule has 0 amide bonds. The van der Waals surface area contributed by atoms with Gasteiger partial charge in [0, 0.05) is 10.6 Å². The van der Waals surface area contributed by atoms with Gasteiger partial charge in [0.2, 0.25) is 0 Å². The molecule has 0 fully saturated rings. The van der Waals surface area contributed by atoms with Crippen LogP contribution in [0.3, 0.4) is 0 Å². The zero-order chi connectivity index (χ0) is 10.8. The number of hydrogen-bond donors (Lipinski definition) is 1. The molecule has 0 spiro atoms. The van der Waals surface area contributed by atoms with Crippen molar-refractivity contribution < 1.29 is 5.11 Å². The van der Waals surface area contributed by atoms with E-state index in [4.69, 9.17) is 0 Å². The Morgan fingerprint density at radius 3 is 2.67 bits per heavy atom. The van der Waals surface area contributed by atoms with Crippen LogP contribution in [0.1, 0.15) is 27.9 Å². The predicted molar refractivity (Wildman–Crippen MR) is 62.1 cm³/mol. The van der Waals surface area contributed by atoms with Crippen LogP contribution in [0.25, 0.3) is 0 Å². The third kappa shape index (κ3) is 2.08. The summed E-state index contributed by atoms with van der Waals surface area (Å²) in [5.74, 6) is 0. The molecule has 0 saturated heterocycles. The average Bonchev–Trinajstić information content (AvgIpc) is 2.63. The lowest BCUT2D eigenvalue weighted by Gasteiger charge is -2.09. The first kappa shape index (κ1) is 10.3. The second-order valence-electron chi connectivity index (χ2n) is 3.57. The maximum atomic E-state index is 10.1. The summed E-state index contributed by atoms with van der Waals surface area (Å²) in [6.45, 7) is 3.93. The normalized spacial score (nSPS) is 12.7. The Balaban J connectivity index is 2.36. The summed E-state index contributed by atoms with van der Waals surface area (Å²) < 4.78 is 0. The van der Waals surface area contributed by atoms with Gasteiger partial charge in [0.1, 0.15) is 6.10 Å². The molecule has 2 nitrogen and oxygen atoms in total. The second kappa shape index (κ2) is 4.13. The van der Waals surface area contributed by atoms with Crippen LogP contribution >= 0.6 is 11.3 Å². The first-order chi connectivity index (χ1) is 7.18. The predicted octanol–water partition coefficient (Wildman–Crippen LogP) is 2.84. The van der Waals surface area contributed by atoms with E-state index in [9.17, 15) is 5.11 Å². The molecule has 3 heteroatoms. The molecule has 1 N–H and O–H groups in total. The number of aliphatic hydroxyl groups is 1. The lowest BCUT2D eigenvalue weighted by atomic mass is 10.1. The number of aryl methyl sites for hydroxylation is 2. The van der Waals surface area contributed by atoms with Gasteiger partial charge in [0.15, 0.2) is 0 Å². The Morgan fingerprint density at radius 1 is 1.27 bits per heavy atom. The topological polar surface area (TPSA) is 33.1 Å². The molecule has 2 aromatic heterocycles. The highest BCUT2D eigenvalue weighted by Gasteiger charge is 2.15. The molecule has 2 rings (SSSR count). The van der Waals surface area contributed by atoms with E-state index in [-0.39, 0.29) is 0 Å². The minimum atomic E-state index is -0.593. The molecule has 1 atom stereocenters. The van der Waals surface area contributed by atoms with Gasteiger partial charge in [-0.15, -0.1) is 11.3 Å². The highest BCUT2D eigenvalue weighted by molar-refractivity contribution is 7.10. The molecular weight excluding hydrogens is 206 g/mol. The van der Waals surface area contributed by atoms with Crippen LogP contribution in [0, 0.1) is 13.8 Å². The van der Waals surface area contributed by atoms with Crippen molar-refractivity contribution in [3.63, 3.8) is 0 Å². The first-order valence-electron chi connectivity index (χ1n) is 4.84. The van der Waals surface area contributed by atoms with E-state index in [0.29, 0.717) is 0 Å². The third-order valence-electron chi connectivity index (χ3n) is 2.34. The molecular formula is C12H13NOS. The van der Waals surface area contributed by atoms with Gasteiger partial charge >= 0.3 is 0 Å². The number of aliphatic hydroxyl groups excluding tert-OH is 1. The minimum absolute atomic E-state index is 0.593. The van der Waals surface area contributed by atoms with E-state index >= 15 is 0 Å². The summed E-state index contributed by atoms with van der Waals surface area (Å²) in [6.07, 6.45) is -0.593. The fourth-order valence-electron chi connectivity index (χ4n) is 1.52. The number of nitrogens with zero attached hydrogens (tertiary/aromatic N) is 1. The van der Waals surface area contributed by atoms with E-state index in [1.807, 2.05) is 43.5 Å². The van der Waals surface area contributed by atoms with Gasteiger partial charge in [0.05, 0.1) is 5.69 Å². The van der Waals surface area contributed by atoms with Crippen molar-refractivity contribution in [1.29, 1.82) is 0 Å². The lowest BCUT2D eigenvalue weighted by molar-refractivity contribution is 0.218. The van der Waals surface area contributed by atoms with Crippen molar-refractivity contribution in [3.8, 4) is 0 Å². The van der Waals surface area contributed by atoms with Crippen LogP contribution < -0.4 is 0 Å². The Hall–Kier alpha value is -1.19. The van der Waals surface area contributed by atoms with E-state index in [0.717, 1.165) is 21.8 Å². The quantitative estimate of drug-likeness (QED) is 0.842. The molecule has 0 aliphatic heterocycles. The fourth-order valence-corrected chi connectivity index (χ4v) is 2.44. The zero-order valence-electron chi connectivity index (χ0n) is 8.77. The van der Waals surface area contributed by atoms with Crippen LogP contribution in [0.15, 0.2) is 29.6 Å². The lowest BCUT2D eigenvalue weighted by Crippen LogP contribution is -2.02. The number of pyridine rings is 1. The van der Waals surface area contributed by atoms with Crippen LogP contribution in [-0.2, 0) is 0 Å². The molecule has 0 aliphatic carbocycles. The smallest absolute Gasteiger partial charge is 0.130 e. The van der Waals surface area contributed by atoms with Crippen molar-refractivity contribution >= 4 is 11.3 Å². The molecule has 2 heterocycles. The number of rotatable bonds is 2.